The van der Waals surface area contributed by atoms with Gasteiger partial charge in [0.25, 0.3) is 11.8 Å². The Bertz CT molecular complexity index is 2520. The molecule has 3 aromatic rings. The Kier molecular flexibility index (Phi) is 23.2. The summed E-state index contributed by atoms with van der Waals surface area (Å²) in [5.41, 5.74) is 7.49. The maximum atomic E-state index is 15.1. The molecule has 7 N–H and O–H groups in total. The van der Waals surface area contributed by atoms with E-state index in [-0.39, 0.29) is 99.6 Å². The molecule has 2 heterocycles. The van der Waals surface area contributed by atoms with E-state index in [1.807, 2.05) is 55.7 Å². The second-order valence-corrected chi connectivity index (χ2v) is 20.5. The maximum absolute atomic E-state index is 15.1. The van der Waals surface area contributed by atoms with Crippen molar-refractivity contribution in [3.63, 3.8) is 0 Å². The monoisotopic (exact) mass is 1050 g/mol. The molecule has 0 spiro atoms. The third-order valence-corrected chi connectivity index (χ3v) is 13.0. The van der Waals surface area contributed by atoms with Crippen LogP contribution in [0.25, 0.3) is 11.1 Å². The van der Waals surface area contributed by atoms with E-state index in [1.54, 1.807) is 26.1 Å². The summed E-state index contributed by atoms with van der Waals surface area (Å²) in [4.78, 5) is 117. The number of nitrogens with two attached hydrogens (primary N) is 1. The molecule has 1 aromatic heterocycles. The number of rotatable bonds is 31. The summed E-state index contributed by atoms with van der Waals surface area (Å²) < 4.78 is 31.4. The van der Waals surface area contributed by atoms with Gasteiger partial charge in [0, 0.05) is 92.9 Å². The van der Waals surface area contributed by atoms with E-state index in [0.717, 1.165) is 28.7 Å². The van der Waals surface area contributed by atoms with Crippen molar-refractivity contribution in [2.75, 3.05) is 26.2 Å². The summed E-state index contributed by atoms with van der Waals surface area (Å²) in [6.45, 7) is 10.3. The SMILES string of the molecule is CC(C)[C@H](NC(=O)CCCCCN1C(=O)C=CC1=O)C(=O)C[C@@H](C)C(=O)N[C@@H](CCC(=O)CCCNC(=O)[C@@H](N)CCN(C(=O)CO)[C@@H](c1cc(-c2cc(F)ccc2F)cn1Cc1ccccc1)C(C)(C)C)C(=O)O. The lowest BCUT2D eigenvalue weighted by Gasteiger charge is -2.41. The standard InChI is InChI=1S/C55H73F2N7O11/c1-34(2)50(61-46(68)17-11-8-12-26-63-47(69)22-23-48(63)70)45(67)28-35(3)52(72)60-43(54(74)75)21-19-39(66)16-13-25-59-53(73)42(58)24-27-64(49(71)33-65)51(55(4,5)6)44-29-37(40-30-38(56)18-20-41(40)57)32-62(44)31-36-14-9-7-10-15-36/h7,9-10,14-15,18,20,22-23,29-30,32,34-35,42-43,50-51,65H,8,11-13,16-17,19,21,24-28,31,33,58H2,1-6H3,(H,59,73)(H,60,72)(H,61,68)(H,74,75)/t35-,42+,43+,50+,51+/m1/s1. The number of aliphatic carboxylic acids is 1. The second-order valence-electron chi connectivity index (χ2n) is 20.5. The highest BCUT2D eigenvalue weighted by atomic mass is 19.1. The van der Waals surface area contributed by atoms with Crippen molar-refractivity contribution in [2.24, 2.45) is 23.0 Å². The minimum atomic E-state index is -1.43. The number of unbranched alkanes of at least 4 members (excludes halogenated alkanes) is 2. The molecule has 0 unspecified atom stereocenters. The van der Waals surface area contributed by atoms with E-state index in [1.165, 1.54) is 24.0 Å². The highest BCUT2D eigenvalue weighted by Crippen LogP contribution is 2.41. The zero-order chi connectivity index (χ0) is 55.6. The predicted octanol–water partition coefficient (Wildman–Crippen LogP) is 5.14. The van der Waals surface area contributed by atoms with E-state index < -0.39 is 83.2 Å². The van der Waals surface area contributed by atoms with Gasteiger partial charge in [0.1, 0.15) is 30.1 Å². The Labute approximate surface area is 436 Å². The Morgan fingerprint density at radius 1 is 0.813 bits per heavy atom. The molecule has 1 aliphatic rings. The third-order valence-electron chi connectivity index (χ3n) is 13.0. The molecule has 0 fully saturated rings. The van der Waals surface area contributed by atoms with Crippen molar-refractivity contribution in [1.82, 2.24) is 30.3 Å². The number of ketones is 2. The van der Waals surface area contributed by atoms with Gasteiger partial charge in [-0.15, -0.1) is 0 Å². The first kappa shape index (κ1) is 60.6. The number of carbonyl (C=O) groups excluding carboxylic acids is 8. The van der Waals surface area contributed by atoms with Gasteiger partial charge >= 0.3 is 5.97 Å². The molecular formula is C55H73F2N7O11. The number of aliphatic hydroxyl groups is 1. The summed E-state index contributed by atoms with van der Waals surface area (Å²) in [7, 11) is 0. The van der Waals surface area contributed by atoms with Crippen molar-refractivity contribution in [3.8, 4) is 11.1 Å². The number of nitrogens with zero attached hydrogens (tertiary/aromatic N) is 3. The zero-order valence-electron chi connectivity index (χ0n) is 43.7. The highest BCUT2D eigenvalue weighted by molar-refractivity contribution is 6.12. The number of benzene rings is 2. The summed E-state index contributed by atoms with van der Waals surface area (Å²) in [5.74, 6) is -7.72. The first-order valence-corrected chi connectivity index (χ1v) is 25.4. The van der Waals surface area contributed by atoms with Crippen molar-refractivity contribution in [1.29, 1.82) is 0 Å². The Hall–Kier alpha value is -6.93. The first-order valence-electron chi connectivity index (χ1n) is 25.4. The maximum Gasteiger partial charge on any atom is 0.326 e. The number of hydrogen-bond donors (Lipinski definition) is 6. The van der Waals surface area contributed by atoms with Crippen LogP contribution in [-0.2, 0) is 49.7 Å². The number of carboxylic acids is 1. The van der Waals surface area contributed by atoms with E-state index in [9.17, 15) is 57.8 Å². The van der Waals surface area contributed by atoms with Crippen LogP contribution in [0.15, 0.2) is 72.9 Å². The summed E-state index contributed by atoms with van der Waals surface area (Å²) >= 11 is 0. The van der Waals surface area contributed by atoms with Crippen LogP contribution in [0.5, 0.6) is 0 Å². The lowest BCUT2D eigenvalue weighted by atomic mass is 9.82. The van der Waals surface area contributed by atoms with Crippen LogP contribution in [-0.4, -0.2) is 122 Å². The van der Waals surface area contributed by atoms with Crippen LogP contribution in [0.2, 0.25) is 0 Å². The number of amides is 6. The molecular weight excluding hydrogens is 973 g/mol. The van der Waals surface area contributed by atoms with Gasteiger partial charge in [-0.3, -0.25) is 43.3 Å². The molecule has 1 aliphatic heterocycles. The number of aliphatic hydroxyl groups excluding tert-OH is 1. The molecule has 6 amide bonds. The number of aromatic nitrogens is 1. The zero-order valence-corrected chi connectivity index (χ0v) is 43.7. The minimum absolute atomic E-state index is 0.0257. The van der Waals surface area contributed by atoms with Crippen LogP contribution >= 0.6 is 0 Å². The van der Waals surface area contributed by atoms with Gasteiger partial charge in [-0.1, -0.05) is 78.3 Å². The fraction of sp³-hybridized carbons (Fsp3) is 0.509. The van der Waals surface area contributed by atoms with Crippen LogP contribution in [0.3, 0.4) is 0 Å². The number of hydrogen-bond acceptors (Lipinski definition) is 11. The normalized spacial score (nSPS) is 14.5. The van der Waals surface area contributed by atoms with Crippen molar-refractivity contribution >= 4 is 53.0 Å². The average molecular weight is 1050 g/mol. The van der Waals surface area contributed by atoms with Crippen LogP contribution in [0.1, 0.15) is 123 Å². The highest BCUT2D eigenvalue weighted by Gasteiger charge is 2.38. The quantitative estimate of drug-likeness (QED) is 0.0361. The molecule has 0 aliphatic carbocycles. The Morgan fingerprint density at radius 3 is 2.12 bits per heavy atom. The number of halogens is 2. The summed E-state index contributed by atoms with van der Waals surface area (Å²) in [5, 5.41) is 27.8. The fourth-order valence-electron chi connectivity index (χ4n) is 8.91. The molecule has 0 saturated heterocycles. The minimum Gasteiger partial charge on any atom is -0.480 e. The van der Waals surface area contributed by atoms with Gasteiger partial charge in [-0.2, -0.15) is 0 Å². The summed E-state index contributed by atoms with van der Waals surface area (Å²) in [6.07, 6.45) is 5.14. The first-order chi connectivity index (χ1) is 35.4. The summed E-state index contributed by atoms with van der Waals surface area (Å²) in [6, 6.07) is 10.1. The molecule has 0 saturated carbocycles. The van der Waals surface area contributed by atoms with E-state index in [4.69, 9.17) is 5.73 Å². The molecule has 0 bridgehead atoms. The molecule has 408 valence electrons. The smallest absolute Gasteiger partial charge is 0.326 e. The van der Waals surface area contributed by atoms with Crippen molar-refractivity contribution in [3.05, 3.63) is 95.8 Å². The molecule has 75 heavy (non-hydrogen) atoms. The molecule has 5 atom stereocenters. The molecule has 4 rings (SSSR count). The molecule has 2 aromatic carbocycles. The largest absolute Gasteiger partial charge is 0.480 e. The van der Waals surface area contributed by atoms with Gasteiger partial charge < -0.3 is 41.4 Å². The Morgan fingerprint density at radius 2 is 1.49 bits per heavy atom. The van der Waals surface area contributed by atoms with Gasteiger partial charge in [-0.05, 0) is 73.3 Å². The molecule has 20 heteroatoms. The van der Waals surface area contributed by atoms with E-state index >= 15 is 4.39 Å². The Balaban J connectivity index is 1.25. The van der Waals surface area contributed by atoms with Crippen LogP contribution in [0.4, 0.5) is 8.78 Å². The topological polar surface area (TPSA) is 268 Å². The van der Waals surface area contributed by atoms with Crippen molar-refractivity contribution < 1.29 is 62.1 Å². The average Bonchev–Trinajstić information content (AvgIpc) is 3.91. The molecule has 18 nitrogen and oxygen atoms in total. The second kappa shape index (κ2) is 28.7. The molecule has 0 radical (unpaired) electrons. The lowest BCUT2D eigenvalue weighted by Crippen LogP contribution is -2.47. The van der Waals surface area contributed by atoms with Gasteiger partial charge in [0.05, 0.1) is 18.1 Å². The van der Waals surface area contributed by atoms with Crippen LogP contribution < -0.4 is 21.7 Å². The lowest BCUT2D eigenvalue weighted by molar-refractivity contribution is -0.143. The predicted molar refractivity (Wildman–Crippen MR) is 275 cm³/mol. The fourth-order valence-corrected chi connectivity index (χ4v) is 8.91. The van der Waals surface area contributed by atoms with Crippen molar-refractivity contribution in [2.45, 2.75) is 136 Å². The van der Waals surface area contributed by atoms with Gasteiger partial charge in [0.15, 0.2) is 5.78 Å². The number of carboxylic acid groups (broad SMARTS) is 1. The number of nitrogens with one attached hydrogen (secondary N) is 3. The number of imide groups is 1. The van der Waals surface area contributed by atoms with Crippen LogP contribution in [0, 0.1) is 28.9 Å². The van der Waals surface area contributed by atoms with Gasteiger partial charge in [0.2, 0.25) is 23.6 Å². The van der Waals surface area contributed by atoms with E-state index in [0.29, 0.717) is 37.1 Å². The van der Waals surface area contributed by atoms with E-state index in [2.05, 4.69) is 16.0 Å². The number of Topliss-reactive ketones (excluding diaryl/α,β-unsaturated/α-hetero) is 2. The van der Waals surface area contributed by atoms with Gasteiger partial charge in [-0.25, -0.2) is 13.6 Å². The number of carbonyl (C=O) groups is 9. The third kappa shape index (κ3) is 18.4.